The summed E-state index contributed by atoms with van der Waals surface area (Å²) in [5.74, 6) is 1.87. The fraction of sp³-hybridized carbons (Fsp3) is 0.682. The van der Waals surface area contributed by atoms with Gasteiger partial charge in [-0.1, -0.05) is 6.07 Å². The van der Waals surface area contributed by atoms with Crippen LogP contribution >= 0.6 is 0 Å². The van der Waals surface area contributed by atoms with Gasteiger partial charge in [-0.3, -0.25) is 4.79 Å². The number of hydrogen-bond acceptors (Lipinski definition) is 5. The zero-order valence-electron chi connectivity index (χ0n) is 18.1. The number of carbonyl (C=O) groups excluding carboxylic acids is 1. The number of benzene rings is 1. The molecule has 6 nitrogen and oxygen atoms in total. The Balaban J connectivity index is 2.09. The molecule has 1 aromatic rings. The van der Waals surface area contributed by atoms with E-state index < -0.39 is 0 Å². The summed E-state index contributed by atoms with van der Waals surface area (Å²) in [6.45, 7) is 11.2. The molecule has 158 valence electrons. The summed E-state index contributed by atoms with van der Waals surface area (Å²) >= 11 is 0. The highest BCUT2D eigenvalue weighted by Crippen LogP contribution is 2.24. The van der Waals surface area contributed by atoms with Gasteiger partial charge in [-0.25, -0.2) is 0 Å². The molecule has 1 aliphatic heterocycles. The quantitative estimate of drug-likeness (QED) is 0.567. The monoisotopic (exact) mass is 391 g/mol. The van der Waals surface area contributed by atoms with Crippen LogP contribution in [-0.4, -0.2) is 70.4 Å². The van der Waals surface area contributed by atoms with Gasteiger partial charge in [0.1, 0.15) is 5.75 Å². The van der Waals surface area contributed by atoms with Gasteiger partial charge in [-0.15, -0.1) is 0 Å². The van der Waals surface area contributed by atoms with E-state index in [0.29, 0.717) is 30.6 Å². The van der Waals surface area contributed by atoms with E-state index in [0.717, 1.165) is 43.9 Å². The summed E-state index contributed by atoms with van der Waals surface area (Å²) in [6, 6.07) is 5.92. The Bertz CT molecular complexity index is 621. The van der Waals surface area contributed by atoms with Crippen LogP contribution in [0.25, 0.3) is 0 Å². The van der Waals surface area contributed by atoms with E-state index >= 15 is 0 Å². The molecular formula is C22H37N3O3. The van der Waals surface area contributed by atoms with Crippen molar-refractivity contribution in [3.63, 3.8) is 0 Å². The Morgan fingerprint density at radius 3 is 2.71 bits per heavy atom. The highest BCUT2D eigenvalue weighted by molar-refractivity contribution is 5.95. The molecule has 1 aliphatic rings. The van der Waals surface area contributed by atoms with E-state index in [4.69, 9.17) is 9.47 Å². The lowest BCUT2D eigenvalue weighted by Crippen LogP contribution is -2.43. The Morgan fingerprint density at radius 2 is 2.04 bits per heavy atom. The molecule has 6 heteroatoms. The van der Waals surface area contributed by atoms with Crippen LogP contribution in [0.4, 0.5) is 0 Å². The maximum Gasteiger partial charge on any atom is 0.254 e. The van der Waals surface area contributed by atoms with Gasteiger partial charge >= 0.3 is 0 Å². The fourth-order valence-electron chi connectivity index (χ4n) is 3.72. The normalized spacial score (nSPS) is 19.2. The summed E-state index contributed by atoms with van der Waals surface area (Å²) in [5, 5.41) is 6.75. The topological polar surface area (TPSA) is 62.8 Å². The summed E-state index contributed by atoms with van der Waals surface area (Å²) in [6.07, 6.45) is 0.827. The number of methoxy groups -OCH3 is 1. The van der Waals surface area contributed by atoms with E-state index in [9.17, 15) is 4.79 Å². The first-order valence-corrected chi connectivity index (χ1v) is 10.4. The molecule has 1 saturated heterocycles. The molecule has 0 unspecified atom stereocenters. The fourth-order valence-corrected chi connectivity index (χ4v) is 3.72. The molecule has 0 spiro atoms. The highest BCUT2D eigenvalue weighted by Gasteiger charge is 2.31. The minimum Gasteiger partial charge on any atom is -0.493 e. The molecule has 1 amide bonds. The van der Waals surface area contributed by atoms with Crippen molar-refractivity contribution in [1.29, 1.82) is 0 Å². The number of ether oxygens (including phenoxy) is 2. The largest absolute Gasteiger partial charge is 0.493 e. The smallest absolute Gasteiger partial charge is 0.254 e. The highest BCUT2D eigenvalue weighted by atomic mass is 16.5. The minimum absolute atomic E-state index is 0.0758. The average molecular weight is 392 g/mol. The van der Waals surface area contributed by atoms with Gasteiger partial charge in [-0.05, 0) is 70.4 Å². The molecule has 1 fully saturated rings. The van der Waals surface area contributed by atoms with Crippen molar-refractivity contribution in [2.45, 2.75) is 33.2 Å². The molecule has 2 rings (SSSR count). The number of aryl methyl sites for hydroxylation is 1. The molecule has 0 aliphatic carbocycles. The SMILES string of the molecule is CNC[C@H]1CNC[C@H]1CN(C(=O)c1ccc(C)c(OCCCOC)c1)C(C)C. The predicted molar refractivity (Wildman–Crippen MR) is 113 cm³/mol. The number of nitrogens with one attached hydrogen (secondary N) is 2. The molecule has 0 saturated carbocycles. The Morgan fingerprint density at radius 1 is 1.29 bits per heavy atom. The summed E-state index contributed by atoms with van der Waals surface area (Å²) in [7, 11) is 3.67. The maximum atomic E-state index is 13.3. The lowest BCUT2D eigenvalue weighted by atomic mass is 9.94. The van der Waals surface area contributed by atoms with Gasteiger partial charge in [-0.2, -0.15) is 0 Å². The third kappa shape index (κ3) is 6.19. The molecule has 0 bridgehead atoms. The van der Waals surface area contributed by atoms with E-state index in [-0.39, 0.29) is 11.9 Å². The van der Waals surface area contributed by atoms with Crippen molar-refractivity contribution >= 4 is 5.91 Å². The Kier molecular flexibility index (Phi) is 9.22. The van der Waals surface area contributed by atoms with E-state index in [2.05, 4.69) is 24.5 Å². The van der Waals surface area contributed by atoms with Crippen molar-refractivity contribution in [3.05, 3.63) is 29.3 Å². The van der Waals surface area contributed by atoms with Crippen LogP contribution in [0.2, 0.25) is 0 Å². The van der Waals surface area contributed by atoms with Crippen LogP contribution in [0.1, 0.15) is 36.2 Å². The first kappa shape index (κ1) is 22.7. The number of amides is 1. The van der Waals surface area contributed by atoms with Crippen LogP contribution in [-0.2, 0) is 4.74 Å². The van der Waals surface area contributed by atoms with E-state index in [1.807, 2.05) is 37.1 Å². The van der Waals surface area contributed by atoms with E-state index in [1.54, 1.807) is 7.11 Å². The second-order valence-electron chi connectivity index (χ2n) is 7.96. The van der Waals surface area contributed by atoms with Crippen molar-refractivity contribution in [2.75, 3.05) is 53.6 Å². The summed E-state index contributed by atoms with van der Waals surface area (Å²) < 4.78 is 11.0. The zero-order chi connectivity index (χ0) is 20.5. The number of carbonyl (C=O) groups is 1. The number of rotatable bonds is 11. The zero-order valence-corrected chi connectivity index (χ0v) is 18.1. The van der Waals surface area contributed by atoms with Gasteiger partial charge in [0.15, 0.2) is 0 Å². The average Bonchev–Trinajstić information content (AvgIpc) is 3.11. The maximum absolute atomic E-state index is 13.3. The predicted octanol–water partition coefficient (Wildman–Crippen LogP) is 2.32. The van der Waals surface area contributed by atoms with Crippen LogP contribution in [0, 0.1) is 18.8 Å². The number of nitrogens with zero attached hydrogens (tertiary/aromatic N) is 1. The minimum atomic E-state index is 0.0758. The molecule has 2 atom stereocenters. The first-order valence-electron chi connectivity index (χ1n) is 10.4. The van der Waals surface area contributed by atoms with Crippen molar-refractivity contribution in [2.24, 2.45) is 11.8 Å². The second-order valence-corrected chi connectivity index (χ2v) is 7.96. The van der Waals surface area contributed by atoms with Crippen LogP contribution < -0.4 is 15.4 Å². The summed E-state index contributed by atoms with van der Waals surface area (Å²) in [4.78, 5) is 15.3. The molecule has 1 heterocycles. The summed E-state index contributed by atoms with van der Waals surface area (Å²) in [5.41, 5.74) is 1.73. The first-order chi connectivity index (χ1) is 13.5. The van der Waals surface area contributed by atoms with Crippen LogP contribution in [0.15, 0.2) is 18.2 Å². The molecule has 1 aromatic carbocycles. The van der Waals surface area contributed by atoms with Crippen molar-refractivity contribution in [1.82, 2.24) is 15.5 Å². The van der Waals surface area contributed by atoms with Gasteiger partial charge in [0.05, 0.1) is 6.61 Å². The molecular weight excluding hydrogens is 354 g/mol. The van der Waals surface area contributed by atoms with Crippen molar-refractivity contribution in [3.8, 4) is 5.75 Å². The van der Waals surface area contributed by atoms with E-state index in [1.165, 1.54) is 0 Å². The Hall–Kier alpha value is -1.63. The van der Waals surface area contributed by atoms with Crippen LogP contribution in [0.3, 0.4) is 0 Å². The molecule has 2 N–H and O–H groups in total. The van der Waals surface area contributed by atoms with Gasteiger partial charge in [0.2, 0.25) is 0 Å². The second kappa shape index (κ2) is 11.4. The molecule has 0 aromatic heterocycles. The van der Waals surface area contributed by atoms with Gasteiger partial charge in [0, 0.05) is 44.8 Å². The van der Waals surface area contributed by atoms with Gasteiger partial charge in [0.25, 0.3) is 5.91 Å². The molecule has 0 radical (unpaired) electrons. The third-order valence-electron chi connectivity index (χ3n) is 5.45. The molecule has 28 heavy (non-hydrogen) atoms. The third-order valence-corrected chi connectivity index (χ3v) is 5.45. The standard InChI is InChI=1S/C22H37N3O3/c1-16(2)25(15-20-14-24-13-19(20)12-23-4)22(26)18-8-7-17(3)21(11-18)28-10-6-9-27-5/h7-8,11,16,19-20,23-24H,6,9-10,12-15H2,1-5H3/t19-,20-/m0/s1. The van der Waals surface area contributed by atoms with Crippen molar-refractivity contribution < 1.29 is 14.3 Å². The Labute approximate surface area is 170 Å². The van der Waals surface area contributed by atoms with Gasteiger partial charge < -0.3 is 25.0 Å². The lowest BCUT2D eigenvalue weighted by Gasteiger charge is -2.31. The number of hydrogen-bond donors (Lipinski definition) is 2. The van der Waals surface area contributed by atoms with Crippen LogP contribution in [0.5, 0.6) is 5.75 Å². The lowest BCUT2D eigenvalue weighted by molar-refractivity contribution is 0.0661.